The van der Waals surface area contributed by atoms with Crippen LogP contribution in [0.25, 0.3) is 0 Å². The second-order valence-electron chi connectivity index (χ2n) is 17.2. The van der Waals surface area contributed by atoms with Crippen LogP contribution in [0, 0.1) is 35.5 Å². The molecule has 0 aromatic carbocycles. The van der Waals surface area contributed by atoms with Crippen molar-refractivity contribution in [3.05, 3.63) is 23.3 Å². The fraction of sp³-hybridized carbons (Fsp3) is 0.814. The number of Topliss-reactive ketones (excluding diaryl/α,β-unsaturated/α-hetero) is 2. The summed E-state index contributed by atoms with van der Waals surface area (Å²) in [6.45, 7) is 13.7. The standard InChI is InChI=1S/C43H69NO10/c1-9-31-20-25(3)19-26(4)21-32(10-2)37-17-14-28(6)43(51,54-37)40(48)41(49)44-18-12-11-13-33(44)42(50)53-39(29(7)35(46)24-36(31)47)27(5)22-30-15-16-34(45)38(23-30)52-8/h20,22,26,28-35,37-39,45-46,51H,9-19,21,23-24H2,1-8H3/b25-20+,27-22+/t26-,28+,29+,30-,31+,32-,33?,34+,35-,37-,38+,39+,43+/m0/s1. The van der Waals surface area contributed by atoms with E-state index in [0.717, 1.165) is 24.8 Å². The lowest BCUT2D eigenvalue weighted by Gasteiger charge is -2.44. The van der Waals surface area contributed by atoms with Gasteiger partial charge in [-0.3, -0.25) is 14.4 Å². The minimum atomic E-state index is -2.32. The summed E-state index contributed by atoms with van der Waals surface area (Å²) >= 11 is 0. The van der Waals surface area contributed by atoms with E-state index in [-0.39, 0.29) is 54.9 Å². The molecule has 306 valence electrons. The Morgan fingerprint density at radius 3 is 2.35 bits per heavy atom. The van der Waals surface area contributed by atoms with Crippen molar-refractivity contribution in [1.82, 2.24) is 4.90 Å². The highest BCUT2D eigenvalue weighted by Gasteiger charge is 2.53. The number of ketones is 2. The van der Waals surface area contributed by atoms with Crippen LogP contribution in [0.15, 0.2) is 23.3 Å². The zero-order valence-corrected chi connectivity index (χ0v) is 34.1. The van der Waals surface area contributed by atoms with Crippen LogP contribution in [-0.2, 0) is 33.4 Å². The van der Waals surface area contributed by atoms with E-state index in [9.17, 15) is 34.5 Å². The quantitative estimate of drug-likeness (QED) is 0.176. The van der Waals surface area contributed by atoms with Gasteiger partial charge in [0.15, 0.2) is 0 Å². The number of methoxy groups -OCH3 is 1. The average molecular weight is 760 g/mol. The maximum absolute atomic E-state index is 14.2. The molecule has 3 heterocycles. The summed E-state index contributed by atoms with van der Waals surface area (Å²) in [5, 5.41) is 33.9. The number of fused-ring (bicyclic) bond motifs is 3. The van der Waals surface area contributed by atoms with Crippen LogP contribution in [0.3, 0.4) is 0 Å². The number of esters is 1. The first-order valence-electron chi connectivity index (χ1n) is 20.8. The third-order valence-corrected chi connectivity index (χ3v) is 13.0. The maximum Gasteiger partial charge on any atom is 0.329 e. The zero-order chi connectivity index (χ0) is 39.9. The summed E-state index contributed by atoms with van der Waals surface area (Å²) in [6.07, 6.45) is 7.88. The molecule has 3 aliphatic heterocycles. The summed E-state index contributed by atoms with van der Waals surface area (Å²) < 4.78 is 18.1. The van der Waals surface area contributed by atoms with E-state index in [4.69, 9.17) is 14.2 Å². The molecule has 2 bridgehead atoms. The number of cyclic esters (lactones) is 1. The first kappa shape index (κ1) is 44.3. The van der Waals surface area contributed by atoms with Gasteiger partial charge in [-0.1, -0.05) is 58.8 Å². The largest absolute Gasteiger partial charge is 0.456 e. The molecule has 11 heteroatoms. The van der Waals surface area contributed by atoms with Gasteiger partial charge in [0.1, 0.15) is 17.9 Å². The molecule has 4 rings (SSSR count). The van der Waals surface area contributed by atoms with E-state index in [2.05, 4.69) is 13.8 Å². The number of hydrogen-bond donors (Lipinski definition) is 3. The van der Waals surface area contributed by atoms with Gasteiger partial charge in [0.2, 0.25) is 5.79 Å². The van der Waals surface area contributed by atoms with Crippen LogP contribution in [0.1, 0.15) is 132 Å². The third kappa shape index (κ3) is 10.5. The van der Waals surface area contributed by atoms with Gasteiger partial charge in [-0.25, -0.2) is 4.79 Å². The summed E-state index contributed by atoms with van der Waals surface area (Å²) in [7, 11) is 1.57. The number of hydrogen-bond acceptors (Lipinski definition) is 10. The molecule has 54 heavy (non-hydrogen) atoms. The molecule has 4 aliphatic rings. The second kappa shape index (κ2) is 19.6. The van der Waals surface area contributed by atoms with Crippen LogP contribution < -0.4 is 0 Å². The molecule has 3 fully saturated rings. The Morgan fingerprint density at radius 2 is 1.69 bits per heavy atom. The first-order chi connectivity index (χ1) is 25.5. The molecule has 2 saturated heterocycles. The number of allylic oxidation sites excluding steroid dienone is 3. The minimum absolute atomic E-state index is 0.0212. The van der Waals surface area contributed by atoms with E-state index in [1.807, 2.05) is 32.9 Å². The van der Waals surface area contributed by atoms with Gasteiger partial charge in [-0.2, -0.15) is 0 Å². The van der Waals surface area contributed by atoms with Crippen LogP contribution in [-0.4, -0.2) is 99.7 Å². The van der Waals surface area contributed by atoms with Crippen molar-refractivity contribution in [3.8, 4) is 0 Å². The Morgan fingerprint density at radius 1 is 0.963 bits per heavy atom. The summed E-state index contributed by atoms with van der Waals surface area (Å²) in [5.74, 6) is -6.52. The van der Waals surface area contributed by atoms with Crippen molar-refractivity contribution >= 4 is 23.4 Å². The van der Waals surface area contributed by atoms with Gasteiger partial charge in [0, 0.05) is 37.8 Å². The number of aliphatic hydroxyl groups is 3. The van der Waals surface area contributed by atoms with E-state index in [1.54, 1.807) is 21.0 Å². The smallest absolute Gasteiger partial charge is 0.329 e. The molecular weight excluding hydrogens is 690 g/mol. The number of nitrogens with zero attached hydrogens (tertiary/aromatic N) is 1. The number of carbonyl (C=O) groups is 4. The van der Waals surface area contributed by atoms with Gasteiger partial charge < -0.3 is 34.4 Å². The predicted octanol–water partition coefficient (Wildman–Crippen LogP) is 5.86. The van der Waals surface area contributed by atoms with E-state index in [1.165, 1.54) is 4.90 Å². The van der Waals surface area contributed by atoms with E-state index >= 15 is 0 Å². The summed E-state index contributed by atoms with van der Waals surface area (Å²) in [4.78, 5) is 57.4. The molecule has 0 aromatic heterocycles. The fourth-order valence-electron chi connectivity index (χ4n) is 9.49. The van der Waals surface area contributed by atoms with E-state index < -0.39 is 65.7 Å². The number of rotatable bonds is 5. The fourth-order valence-corrected chi connectivity index (χ4v) is 9.49. The Balaban J connectivity index is 1.74. The van der Waals surface area contributed by atoms with Crippen molar-refractivity contribution in [2.45, 2.75) is 174 Å². The van der Waals surface area contributed by atoms with Crippen LogP contribution in [0.2, 0.25) is 0 Å². The molecule has 11 nitrogen and oxygen atoms in total. The SMILES string of the molecule is CC[C@H]1C[C@@H](C)C/C(C)=C/[C@@H](CC)C(=O)C[C@H](O)[C@@H](C)[C@@H](/C(C)=C/[C@@H]2CC[C@@H](O)[C@H](OC)C2)OC(=O)C2CCCCN2C(=O)C(=O)[C@]2(O)O[C@H]1CC[C@H]2C. The van der Waals surface area contributed by atoms with Crippen LogP contribution >= 0.6 is 0 Å². The molecule has 1 saturated carbocycles. The molecule has 0 aromatic rings. The van der Waals surface area contributed by atoms with Crippen LogP contribution in [0.4, 0.5) is 0 Å². The topological polar surface area (TPSA) is 160 Å². The molecular formula is C43H69NO10. The van der Waals surface area contributed by atoms with Gasteiger partial charge in [-0.05, 0) is 108 Å². The van der Waals surface area contributed by atoms with E-state index in [0.29, 0.717) is 56.9 Å². The summed E-state index contributed by atoms with van der Waals surface area (Å²) in [5.41, 5.74) is 1.77. The summed E-state index contributed by atoms with van der Waals surface area (Å²) in [6, 6.07) is -1.08. The lowest BCUT2D eigenvalue weighted by molar-refractivity contribution is -0.271. The number of piperidine rings is 1. The van der Waals surface area contributed by atoms with Crippen LogP contribution in [0.5, 0.6) is 0 Å². The van der Waals surface area contributed by atoms with Gasteiger partial charge in [0.25, 0.3) is 11.7 Å². The number of ether oxygens (including phenoxy) is 3. The highest BCUT2D eigenvalue weighted by molar-refractivity contribution is 6.39. The number of aliphatic hydroxyl groups excluding tert-OH is 2. The Bertz CT molecular complexity index is 1380. The Kier molecular flexibility index (Phi) is 16.1. The molecule has 0 spiro atoms. The number of amides is 1. The molecule has 13 atom stereocenters. The third-order valence-electron chi connectivity index (χ3n) is 13.0. The predicted molar refractivity (Wildman–Crippen MR) is 205 cm³/mol. The minimum Gasteiger partial charge on any atom is -0.456 e. The molecule has 1 amide bonds. The van der Waals surface area contributed by atoms with Crippen molar-refractivity contribution in [2.75, 3.05) is 13.7 Å². The normalized spacial score (nSPS) is 41.3. The molecule has 3 N–H and O–H groups in total. The van der Waals surface area contributed by atoms with Crippen molar-refractivity contribution in [1.29, 1.82) is 0 Å². The molecule has 1 unspecified atom stereocenters. The number of carbonyl (C=O) groups excluding carboxylic acids is 4. The lowest BCUT2D eigenvalue weighted by Crippen LogP contribution is -2.61. The highest BCUT2D eigenvalue weighted by Crippen LogP contribution is 2.40. The van der Waals surface area contributed by atoms with Crippen molar-refractivity contribution in [2.24, 2.45) is 35.5 Å². The Hall–Kier alpha value is -2.44. The second-order valence-corrected chi connectivity index (χ2v) is 17.2. The average Bonchev–Trinajstić information content (AvgIpc) is 3.15. The van der Waals surface area contributed by atoms with Gasteiger partial charge in [0.05, 0.1) is 24.4 Å². The van der Waals surface area contributed by atoms with Crippen molar-refractivity contribution < 1.29 is 48.7 Å². The van der Waals surface area contributed by atoms with Gasteiger partial charge >= 0.3 is 5.97 Å². The molecule has 1 aliphatic carbocycles. The lowest BCUT2D eigenvalue weighted by atomic mass is 9.79. The zero-order valence-electron chi connectivity index (χ0n) is 34.1. The first-order valence-corrected chi connectivity index (χ1v) is 20.8. The van der Waals surface area contributed by atoms with Gasteiger partial charge in [-0.15, -0.1) is 0 Å². The molecule has 0 radical (unpaired) electrons. The Labute approximate surface area is 323 Å². The maximum atomic E-state index is 14.2. The highest BCUT2D eigenvalue weighted by atomic mass is 16.6. The monoisotopic (exact) mass is 759 g/mol. The van der Waals surface area contributed by atoms with Crippen molar-refractivity contribution in [3.63, 3.8) is 0 Å².